The van der Waals surface area contributed by atoms with Crippen LogP contribution in [0.15, 0.2) is 249 Å². The van der Waals surface area contributed by atoms with Crippen LogP contribution in [0, 0.1) is 0 Å². The number of nitrogens with zero attached hydrogens (tertiary/aromatic N) is 3. The van der Waals surface area contributed by atoms with Gasteiger partial charge in [0.1, 0.15) is 0 Å². The zero-order valence-electron chi connectivity index (χ0n) is 35.0. The minimum atomic E-state index is -0.460. The molecule has 1 aliphatic carbocycles. The van der Waals surface area contributed by atoms with Crippen LogP contribution < -0.4 is 4.90 Å². The van der Waals surface area contributed by atoms with Crippen LogP contribution >= 0.6 is 0 Å². The molecule has 0 radical (unpaired) electrons. The van der Waals surface area contributed by atoms with Crippen molar-refractivity contribution in [1.29, 1.82) is 0 Å². The highest BCUT2D eigenvalue weighted by molar-refractivity contribution is 6.12. The standard InChI is InChI=1S/C61H41N3/c1-5-19-42(20-6-1)61(43-21-7-2-8-22-43)55-30-16-13-27-49(55)54-39-46(35-38-56(54)61)62(44-23-9-3-10-24-44)47-33-36-52-53-37-34-48(41-60(53)63(59(52)40-47)45-25-11-4-12-26-45)64-57-31-17-14-28-50(57)51-29-15-18-32-58(51)64/h1-41H. The van der Waals surface area contributed by atoms with Gasteiger partial charge in [-0.1, -0.05) is 176 Å². The summed E-state index contributed by atoms with van der Waals surface area (Å²) in [7, 11) is 0. The van der Waals surface area contributed by atoms with Gasteiger partial charge < -0.3 is 14.0 Å². The van der Waals surface area contributed by atoms with Gasteiger partial charge in [-0.2, -0.15) is 0 Å². The fraction of sp³-hybridized carbons (Fsp3) is 0.0164. The van der Waals surface area contributed by atoms with Crippen LogP contribution in [-0.4, -0.2) is 9.13 Å². The molecular weight excluding hydrogens is 775 g/mol. The second-order valence-corrected chi connectivity index (χ2v) is 16.9. The maximum Gasteiger partial charge on any atom is 0.0713 e. The second-order valence-electron chi connectivity index (χ2n) is 16.9. The van der Waals surface area contributed by atoms with Gasteiger partial charge in [0.2, 0.25) is 0 Å². The minimum absolute atomic E-state index is 0.460. The number of aromatic nitrogens is 2. The van der Waals surface area contributed by atoms with Crippen LogP contribution in [0.25, 0.3) is 66.1 Å². The van der Waals surface area contributed by atoms with Crippen molar-refractivity contribution in [3.05, 3.63) is 271 Å². The van der Waals surface area contributed by atoms with Crippen molar-refractivity contribution in [3.8, 4) is 22.5 Å². The summed E-state index contributed by atoms with van der Waals surface area (Å²) in [5.41, 5.74) is 17.4. The lowest BCUT2D eigenvalue weighted by Crippen LogP contribution is -2.28. The third-order valence-electron chi connectivity index (χ3n) is 13.6. The number of benzene rings is 10. The Bertz CT molecular complexity index is 3620. The maximum atomic E-state index is 2.45. The molecule has 0 spiro atoms. The van der Waals surface area contributed by atoms with E-state index in [2.05, 4.69) is 263 Å². The molecule has 3 heteroatoms. The summed E-state index contributed by atoms with van der Waals surface area (Å²) in [4.78, 5) is 2.42. The molecule has 2 heterocycles. The molecule has 0 unspecified atom stereocenters. The molecule has 2 aromatic heterocycles. The molecule has 0 saturated carbocycles. The molecule has 0 saturated heterocycles. The topological polar surface area (TPSA) is 13.1 Å². The molecule has 0 fully saturated rings. The first-order chi connectivity index (χ1) is 31.8. The van der Waals surface area contributed by atoms with E-state index in [1.807, 2.05) is 0 Å². The van der Waals surface area contributed by atoms with Crippen LogP contribution in [0.1, 0.15) is 22.3 Å². The predicted octanol–water partition coefficient (Wildman–Crippen LogP) is 15.7. The molecule has 13 rings (SSSR count). The Morgan fingerprint density at radius 2 is 0.750 bits per heavy atom. The van der Waals surface area contributed by atoms with Crippen LogP contribution in [0.5, 0.6) is 0 Å². The predicted molar refractivity (Wildman–Crippen MR) is 267 cm³/mol. The van der Waals surface area contributed by atoms with E-state index in [1.165, 1.54) is 66.0 Å². The number of anilines is 3. The number of fused-ring (bicyclic) bond motifs is 9. The highest BCUT2D eigenvalue weighted by atomic mass is 15.1. The second kappa shape index (κ2) is 14.3. The molecule has 0 amide bonds. The maximum absolute atomic E-state index is 2.45. The molecule has 0 aliphatic heterocycles. The van der Waals surface area contributed by atoms with Gasteiger partial charge >= 0.3 is 0 Å². The first kappa shape index (κ1) is 36.3. The average molecular weight is 816 g/mol. The summed E-state index contributed by atoms with van der Waals surface area (Å²) in [5, 5.41) is 4.94. The van der Waals surface area contributed by atoms with E-state index in [4.69, 9.17) is 0 Å². The number of rotatable bonds is 7. The Labute approximate surface area is 372 Å². The number of hydrogen-bond acceptors (Lipinski definition) is 1. The Balaban J connectivity index is 1.04. The molecule has 0 atom stereocenters. The smallest absolute Gasteiger partial charge is 0.0713 e. The lowest BCUT2D eigenvalue weighted by molar-refractivity contribution is 0.768. The van der Waals surface area contributed by atoms with E-state index >= 15 is 0 Å². The fourth-order valence-electron chi connectivity index (χ4n) is 10.9. The molecule has 0 bridgehead atoms. The van der Waals surface area contributed by atoms with E-state index < -0.39 is 5.41 Å². The summed E-state index contributed by atoms with van der Waals surface area (Å²) >= 11 is 0. The molecule has 10 aromatic carbocycles. The summed E-state index contributed by atoms with van der Waals surface area (Å²) < 4.78 is 4.86. The van der Waals surface area contributed by atoms with Crippen molar-refractivity contribution in [1.82, 2.24) is 9.13 Å². The highest BCUT2D eigenvalue weighted by Gasteiger charge is 2.46. The normalized spacial score (nSPS) is 12.8. The van der Waals surface area contributed by atoms with Crippen LogP contribution in [0.2, 0.25) is 0 Å². The van der Waals surface area contributed by atoms with E-state index in [-0.39, 0.29) is 0 Å². The Hall–Kier alpha value is -8.40. The summed E-state index contributed by atoms with van der Waals surface area (Å²) in [5.74, 6) is 0. The molecule has 3 nitrogen and oxygen atoms in total. The summed E-state index contributed by atoms with van der Waals surface area (Å²) in [6.07, 6.45) is 0. The van der Waals surface area contributed by atoms with Gasteiger partial charge in [-0.05, 0) is 106 Å². The zero-order valence-corrected chi connectivity index (χ0v) is 35.0. The molecule has 0 N–H and O–H groups in total. The van der Waals surface area contributed by atoms with E-state index in [0.717, 1.165) is 39.5 Å². The monoisotopic (exact) mass is 815 g/mol. The third-order valence-corrected chi connectivity index (χ3v) is 13.6. The van der Waals surface area contributed by atoms with E-state index in [0.29, 0.717) is 0 Å². The van der Waals surface area contributed by atoms with Crippen molar-refractivity contribution in [2.45, 2.75) is 5.41 Å². The van der Waals surface area contributed by atoms with E-state index in [1.54, 1.807) is 0 Å². The van der Waals surface area contributed by atoms with Crippen LogP contribution in [0.3, 0.4) is 0 Å². The SMILES string of the molecule is c1ccc(N(c2ccc3c(c2)-c2ccccc2C3(c2ccccc2)c2ccccc2)c2ccc3c4ccc(-n5c6ccccc6c6ccccc65)cc4n(-c4ccccc4)c3c2)cc1. The largest absolute Gasteiger partial charge is 0.310 e. The summed E-state index contributed by atoms with van der Waals surface area (Å²) in [6, 6.07) is 91.2. The average Bonchev–Trinajstić information content (AvgIpc) is 3.99. The van der Waals surface area contributed by atoms with Gasteiger partial charge in [-0.25, -0.2) is 0 Å². The summed E-state index contributed by atoms with van der Waals surface area (Å²) in [6.45, 7) is 0. The van der Waals surface area contributed by atoms with Crippen molar-refractivity contribution in [3.63, 3.8) is 0 Å². The third kappa shape index (κ3) is 5.28. The molecule has 64 heavy (non-hydrogen) atoms. The minimum Gasteiger partial charge on any atom is -0.310 e. The van der Waals surface area contributed by atoms with Gasteiger partial charge in [0, 0.05) is 50.0 Å². The number of para-hydroxylation sites is 4. The van der Waals surface area contributed by atoms with Gasteiger partial charge in [0.25, 0.3) is 0 Å². The highest BCUT2D eigenvalue weighted by Crippen LogP contribution is 2.57. The van der Waals surface area contributed by atoms with Gasteiger partial charge in [0.15, 0.2) is 0 Å². The molecule has 1 aliphatic rings. The quantitative estimate of drug-likeness (QED) is 0.156. The lowest BCUT2D eigenvalue weighted by Gasteiger charge is -2.34. The van der Waals surface area contributed by atoms with Gasteiger partial charge in [0.05, 0.1) is 27.5 Å². The zero-order chi connectivity index (χ0) is 42.2. The van der Waals surface area contributed by atoms with Gasteiger partial charge in [-0.3, -0.25) is 0 Å². The Morgan fingerprint density at radius 1 is 0.281 bits per heavy atom. The Morgan fingerprint density at radius 3 is 1.42 bits per heavy atom. The van der Waals surface area contributed by atoms with Crippen molar-refractivity contribution in [2.24, 2.45) is 0 Å². The van der Waals surface area contributed by atoms with Crippen molar-refractivity contribution in [2.75, 3.05) is 4.90 Å². The number of hydrogen-bond donors (Lipinski definition) is 0. The molecule has 12 aromatic rings. The fourth-order valence-corrected chi connectivity index (χ4v) is 10.9. The lowest BCUT2D eigenvalue weighted by atomic mass is 9.68. The van der Waals surface area contributed by atoms with Gasteiger partial charge in [-0.15, -0.1) is 0 Å². The van der Waals surface area contributed by atoms with Crippen molar-refractivity contribution < 1.29 is 0 Å². The van der Waals surface area contributed by atoms with Crippen LogP contribution in [0.4, 0.5) is 17.1 Å². The molecule has 300 valence electrons. The van der Waals surface area contributed by atoms with Crippen LogP contribution in [-0.2, 0) is 5.41 Å². The van der Waals surface area contributed by atoms with Crippen molar-refractivity contribution >= 4 is 60.7 Å². The first-order valence-corrected chi connectivity index (χ1v) is 22.1. The van der Waals surface area contributed by atoms with E-state index in [9.17, 15) is 0 Å². The molecular formula is C61H41N3. The Kier molecular flexibility index (Phi) is 8.13. The first-order valence-electron chi connectivity index (χ1n) is 22.1.